The van der Waals surface area contributed by atoms with Gasteiger partial charge in [-0.05, 0) is 18.2 Å². The molecule has 0 unspecified atom stereocenters. The second-order valence-corrected chi connectivity index (χ2v) is 4.24. The van der Waals surface area contributed by atoms with Gasteiger partial charge in [0.2, 0.25) is 0 Å². The Labute approximate surface area is 107 Å². The van der Waals surface area contributed by atoms with E-state index in [1.807, 2.05) is 5.38 Å². The third kappa shape index (κ3) is 2.84. The van der Waals surface area contributed by atoms with Crippen LogP contribution in [-0.2, 0) is 11.3 Å². The molecule has 0 amide bonds. The van der Waals surface area contributed by atoms with E-state index in [0.29, 0.717) is 12.2 Å². The number of halogens is 1. The van der Waals surface area contributed by atoms with Crippen molar-refractivity contribution >= 4 is 23.0 Å². The summed E-state index contributed by atoms with van der Waals surface area (Å²) in [5, 5.41) is 4.98. The fraction of sp³-hybridized carbons (Fsp3) is 0.167. The summed E-state index contributed by atoms with van der Waals surface area (Å²) < 4.78 is 17.9. The number of nitrogens with zero attached hydrogens (tertiary/aromatic N) is 1. The van der Waals surface area contributed by atoms with Crippen LogP contribution in [-0.4, -0.2) is 18.1 Å². The van der Waals surface area contributed by atoms with Crippen molar-refractivity contribution in [2.75, 3.05) is 12.4 Å². The number of methoxy groups -OCH3 is 1. The number of benzene rings is 1. The molecule has 1 N–H and O–H groups in total. The van der Waals surface area contributed by atoms with Crippen LogP contribution in [0.25, 0.3) is 0 Å². The molecule has 2 aromatic rings. The Morgan fingerprint density at radius 2 is 2.39 bits per heavy atom. The molecule has 0 bridgehead atoms. The lowest BCUT2D eigenvalue weighted by Gasteiger charge is -2.07. The highest BCUT2D eigenvalue weighted by Gasteiger charge is 2.12. The minimum absolute atomic E-state index is 0.0826. The lowest BCUT2D eigenvalue weighted by atomic mass is 10.2. The van der Waals surface area contributed by atoms with Crippen molar-refractivity contribution in [3.05, 3.63) is 46.2 Å². The Morgan fingerprint density at radius 1 is 1.56 bits per heavy atom. The fourth-order valence-corrected chi connectivity index (χ4v) is 1.98. The summed E-state index contributed by atoms with van der Waals surface area (Å²) in [6, 6.07) is 4.22. The van der Waals surface area contributed by atoms with Crippen LogP contribution in [0.1, 0.15) is 16.1 Å². The van der Waals surface area contributed by atoms with E-state index >= 15 is 0 Å². The molecule has 0 spiro atoms. The largest absolute Gasteiger partial charge is 0.465 e. The van der Waals surface area contributed by atoms with Gasteiger partial charge in [-0.1, -0.05) is 0 Å². The summed E-state index contributed by atoms with van der Waals surface area (Å²) >= 11 is 1.50. The number of aromatic nitrogens is 1. The molecule has 94 valence electrons. The number of rotatable bonds is 4. The number of thiazole rings is 1. The second-order valence-electron chi connectivity index (χ2n) is 3.52. The van der Waals surface area contributed by atoms with Crippen molar-refractivity contribution in [3.8, 4) is 0 Å². The van der Waals surface area contributed by atoms with E-state index in [0.717, 1.165) is 5.69 Å². The van der Waals surface area contributed by atoms with Crippen LogP contribution < -0.4 is 5.32 Å². The van der Waals surface area contributed by atoms with Gasteiger partial charge in [0.15, 0.2) is 0 Å². The summed E-state index contributed by atoms with van der Waals surface area (Å²) in [5.74, 6) is -1.29. The van der Waals surface area contributed by atoms with E-state index in [1.54, 1.807) is 11.6 Å². The SMILES string of the molecule is COC(=O)c1cc(NCc2cscn2)ccc1F. The van der Waals surface area contributed by atoms with Gasteiger partial charge in [0, 0.05) is 11.1 Å². The first kappa shape index (κ1) is 12.5. The van der Waals surface area contributed by atoms with Gasteiger partial charge in [0.25, 0.3) is 0 Å². The molecule has 1 aromatic heterocycles. The number of carbonyl (C=O) groups is 1. The molecule has 0 atom stereocenters. The summed E-state index contributed by atoms with van der Waals surface area (Å²) in [5.41, 5.74) is 3.19. The molecule has 18 heavy (non-hydrogen) atoms. The summed E-state index contributed by atoms with van der Waals surface area (Å²) in [7, 11) is 1.22. The predicted octanol–water partition coefficient (Wildman–Crippen LogP) is 2.68. The van der Waals surface area contributed by atoms with E-state index in [1.165, 1.54) is 30.6 Å². The Hall–Kier alpha value is -1.95. The maximum Gasteiger partial charge on any atom is 0.340 e. The van der Waals surface area contributed by atoms with Gasteiger partial charge in [0.1, 0.15) is 5.82 Å². The Balaban J connectivity index is 2.12. The number of hydrogen-bond donors (Lipinski definition) is 1. The molecular formula is C12H11FN2O2S. The molecule has 0 saturated carbocycles. The third-order valence-electron chi connectivity index (χ3n) is 2.33. The van der Waals surface area contributed by atoms with Crippen LogP contribution in [0.2, 0.25) is 0 Å². The minimum Gasteiger partial charge on any atom is -0.465 e. The number of ether oxygens (including phenoxy) is 1. The Bertz CT molecular complexity index is 543. The van der Waals surface area contributed by atoms with Gasteiger partial charge in [-0.15, -0.1) is 11.3 Å². The zero-order valence-corrected chi connectivity index (χ0v) is 10.5. The van der Waals surface area contributed by atoms with E-state index < -0.39 is 11.8 Å². The topological polar surface area (TPSA) is 51.2 Å². The van der Waals surface area contributed by atoms with Crippen molar-refractivity contribution in [2.24, 2.45) is 0 Å². The van der Waals surface area contributed by atoms with E-state index in [-0.39, 0.29) is 5.56 Å². The monoisotopic (exact) mass is 266 g/mol. The lowest BCUT2D eigenvalue weighted by Crippen LogP contribution is -2.06. The number of hydrogen-bond acceptors (Lipinski definition) is 5. The van der Waals surface area contributed by atoms with Crippen LogP contribution in [0.3, 0.4) is 0 Å². The highest BCUT2D eigenvalue weighted by Crippen LogP contribution is 2.16. The summed E-state index contributed by atoms with van der Waals surface area (Å²) in [6.07, 6.45) is 0. The smallest absolute Gasteiger partial charge is 0.340 e. The van der Waals surface area contributed by atoms with Crippen LogP contribution in [0.15, 0.2) is 29.1 Å². The maximum atomic E-state index is 13.4. The van der Waals surface area contributed by atoms with Gasteiger partial charge in [-0.25, -0.2) is 14.2 Å². The molecule has 0 aliphatic rings. The van der Waals surface area contributed by atoms with Crippen LogP contribution in [0.4, 0.5) is 10.1 Å². The van der Waals surface area contributed by atoms with E-state index in [4.69, 9.17) is 0 Å². The molecule has 0 aliphatic carbocycles. The minimum atomic E-state index is -0.690. The molecule has 4 nitrogen and oxygen atoms in total. The zero-order valence-electron chi connectivity index (χ0n) is 9.64. The van der Waals surface area contributed by atoms with Gasteiger partial charge < -0.3 is 10.1 Å². The molecule has 2 rings (SSSR count). The van der Waals surface area contributed by atoms with Gasteiger partial charge in [0.05, 0.1) is 30.4 Å². The van der Waals surface area contributed by atoms with Crippen LogP contribution >= 0.6 is 11.3 Å². The first-order valence-electron chi connectivity index (χ1n) is 5.19. The van der Waals surface area contributed by atoms with Crippen molar-refractivity contribution < 1.29 is 13.9 Å². The first-order valence-corrected chi connectivity index (χ1v) is 6.14. The second kappa shape index (κ2) is 5.59. The summed E-state index contributed by atoms with van der Waals surface area (Å²) in [4.78, 5) is 15.4. The van der Waals surface area contributed by atoms with Crippen LogP contribution in [0, 0.1) is 5.82 Å². The highest BCUT2D eigenvalue weighted by atomic mass is 32.1. The van der Waals surface area contributed by atoms with E-state index in [9.17, 15) is 9.18 Å². The number of nitrogens with one attached hydrogen (secondary N) is 1. The Morgan fingerprint density at radius 3 is 3.06 bits per heavy atom. The molecule has 1 heterocycles. The highest BCUT2D eigenvalue weighted by molar-refractivity contribution is 7.07. The molecule has 0 fully saturated rings. The Kier molecular flexibility index (Phi) is 3.88. The molecule has 1 aromatic carbocycles. The van der Waals surface area contributed by atoms with Crippen molar-refractivity contribution in [3.63, 3.8) is 0 Å². The van der Waals surface area contributed by atoms with Gasteiger partial charge >= 0.3 is 5.97 Å². The van der Waals surface area contributed by atoms with Crippen molar-refractivity contribution in [2.45, 2.75) is 6.54 Å². The summed E-state index contributed by atoms with van der Waals surface area (Å²) in [6.45, 7) is 0.524. The molecule has 0 saturated heterocycles. The van der Waals surface area contributed by atoms with Crippen molar-refractivity contribution in [1.82, 2.24) is 4.98 Å². The maximum absolute atomic E-state index is 13.4. The zero-order chi connectivity index (χ0) is 13.0. The standard InChI is InChI=1S/C12H11FN2O2S/c1-17-12(16)10-4-8(2-3-11(10)13)14-5-9-6-18-7-15-9/h2-4,6-7,14H,5H2,1H3. The number of anilines is 1. The molecular weight excluding hydrogens is 255 g/mol. The van der Waals surface area contributed by atoms with Crippen molar-refractivity contribution in [1.29, 1.82) is 0 Å². The van der Waals surface area contributed by atoms with Crippen LogP contribution in [0.5, 0.6) is 0 Å². The normalized spacial score (nSPS) is 10.1. The average Bonchev–Trinajstić information content (AvgIpc) is 2.90. The molecule has 6 heteroatoms. The number of esters is 1. The quantitative estimate of drug-likeness (QED) is 0.864. The third-order valence-corrected chi connectivity index (χ3v) is 2.96. The van der Waals surface area contributed by atoms with E-state index in [2.05, 4.69) is 15.0 Å². The number of carbonyl (C=O) groups excluding carboxylic acids is 1. The molecule has 0 aliphatic heterocycles. The van der Waals surface area contributed by atoms with Gasteiger partial charge in [-0.2, -0.15) is 0 Å². The average molecular weight is 266 g/mol. The van der Waals surface area contributed by atoms with Gasteiger partial charge in [-0.3, -0.25) is 0 Å². The predicted molar refractivity (Wildman–Crippen MR) is 67.2 cm³/mol. The fourth-order valence-electron chi connectivity index (χ4n) is 1.42. The lowest BCUT2D eigenvalue weighted by molar-refractivity contribution is 0.0595. The molecule has 0 radical (unpaired) electrons. The first-order chi connectivity index (χ1) is 8.70.